The molecule has 27 heavy (non-hydrogen) atoms. The number of carbonyl (C=O) groups excluding carboxylic acids is 1. The zero-order valence-corrected chi connectivity index (χ0v) is 16.3. The standard InChI is InChI=1S/C21H19Cl2N3O/c1-14(26-21(27)17-11-24-13-25-12-17)20(16-4-8-19(23)9-5-16)10-15-2-6-18(22)7-3-15/h2-9,11-14,20H,10H2,1H3,(H,26,27)/p+1/t14-,20+/m1/s1. The molecule has 0 fully saturated rings. The van der Waals surface area contributed by atoms with Crippen molar-refractivity contribution in [2.45, 2.75) is 25.3 Å². The molecule has 0 aliphatic heterocycles. The fourth-order valence-corrected chi connectivity index (χ4v) is 3.26. The predicted molar refractivity (Wildman–Crippen MR) is 107 cm³/mol. The molecule has 0 bridgehead atoms. The van der Waals surface area contributed by atoms with Crippen LogP contribution in [0.15, 0.2) is 67.3 Å². The summed E-state index contributed by atoms with van der Waals surface area (Å²) in [5.74, 6) is -0.0880. The highest BCUT2D eigenvalue weighted by atomic mass is 35.5. The van der Waals surface area contributed by atoms with Gasteiger partial charge in [-0.05, 0) is 48.7 Å². The molecular weight excluding hydrogens is 381 g/mol. The van der Waals surface area contributed by atoms with Crippen LogP contribution in [0.2, 0.25) is 10.0 Å². The van der Waals surface area contributed by atoms with Crippen molar-refractivity contribution in [2.24, 2.45) is 0 Å². The van der Waals surface area contributed by atoms with E-state index in [0.29, 0.717) is 15.6 Å². The Labute approximate surface area is 168 Å². The number of carbonyl (C=O) groups is 1. The van der Waals surface area contributed by atoms with Crippen LogP contribution < -0.4 is 10.3 Å². The van der Waals surface area contributed by atoms with Gasteiger partial charge in [0, 0.05) is 22.0 Å². The molecule has 0 saturated carbocycles. The molecule has 6 heteroatoms. The average Bonchev–Trinajstić information content (AvgIpc) is 2.69. The summed E-state index contributed by atoms with van der Waals surface area (Å²) >= 11 is 12.0. The summed E-state index contributed by atoms with van der Waals surface area (Å²) in [4.78, 5) is 19.3. The highest BCUT2D eigenvalue weighted by Crippen LogP contribution is 2.27. The summed E-state index contributed by atoms with van der Waals surface area (Å²) in [5.41, 5.74) is 2.75. The summed E-state index contributed by atoms with van der Waals surface area (Å²) < 4.78 is 0. The minimum Gasteiger partial charge on any atom is -0.349 e. The molecule has 1 aromatic heterocycles. The third-order valence-electron chi connectivity index (χ3n) is 4.49. The lowest BCUT2D eigenvalue weighted by Gasteiger charge is -2.26. The third-order valence-corrected chi connectivity index (χ3v) is 5.00. The number of aromatic amines is 1. The van der Waals surface area contributed by atoms with E-state index in [-0.39, 0.29) is 17.9 Å². The van der Waals surface area contributed by atoms with Crippen molar-refractivity contribution in [3.63, 3.8) is 0 Å². The molecule has 2 atom stereocenters. The van der Waals surface area contributed by atoms with Crippen LogP contribution in [0.5, 0.6) is 0 Å². The van der Waals surface area contributed by atoms with Crippen molar-refractivity contribution in [2.75, 3.05) is 0 Å². The number of hydrogen-bond donors (Lipinski definition) is 1. The molecule has 0 aliphatic rings. The van der Waals surface area contributed by atoms with Gasteiger partial charge in [0.1, 0.15) is 11.8 Å². The molecule has 1 heterocycles. The second kappa shape index (κ2) is 8.98. The van der Waals surface area contributed by atoms with E-state index < -0.39 is 0 Å². The molecule has 4 nitrogen and oxygen atoms in total. The van der Waals surface area contributed by atoms with Crippen molar-refractivity contribution in [1.29, 1.82) is 0 Å². The number of aromatic nitrogens is 2. The van der Waals surface area contributed by atoms with Crippen molar-refractivity contribution >= 4 is 29.1 Å². The Hall–Kier alpha value is -2.43. The van der Waals surface area contributed by atoms with Gasteiger partial charge < -0.3 is 5.32 Å². The first-order valence-corrected chi connectivity index (χ1v) is 9.40. The second-order valence-electron chi connectivity index (χ2n) is 6.42. The Morgan fingerprint density at radius 3 is 2.30 bits per heavy atom. The number of rotatable bonds is 6. The Morgan fingerprint density at radius 1 is 1.07 bits per heavy atom. The monoisotopic (exact) mass is 400 g/mol. The number of H-pyrrole nitrogens is 1. The van der Waals surface area contributed by atoms with E-state index in [1.165, 1.54) is 12.5 Å². The molecule has 0 aliphatic carbocycles. The minimum absolute atomic E-state index is 0.0769. The van der Waals surface area contributed by atoms with Crippen LogP contribution in [0.1, 0.15) is 34.3 Å². The summed E-state index contributed by atoms with van der Waals surface area (Å²) in [6, 6.07) is 15.4. The molecule has 0 spiro atoms. The van der Waals surface area contributed by atoms with Crippen LogP contribution in [0, 0.1) is 0 Å². The maximum absolute atomic E-state index is 12.5. The van der Waals surface area contributed by atoms with Crippen molar-refractivity contribution < 1.29 is 9.78 Å². The Balaban J connectivity index is 1.82. The molecule has 0 saturated heterocycles. The number of halogens is 2. The number of nitrogens with zero attached hydrogens (tertiary/aromatic N) is 1. The van der Waals surface area contributed by atoms with Crippen LogP contribution >= 0.6 is 23.2 Å². The first-order chi connectivity index (χ1) is 13.0. The zero-order chi connectivity index (χ0) is 19.2. The second-order valence-corrected chi connectivity index (χ2v) is 7.30. The highest BCUT2D eigenvalue weighted by molar-refractivity contribution is 6.30. The largest absolute Gasteiger partial charge is 0.349 e. The first-order valence-electron chi connectivity index (χ1n) is 8.65. The summed E-state index contributed by atoms with van der Waals surface area (Å²) in [6.07, 6.45) is 5.46. The number of hydrogen-bond acceptors (Lipinski definition) is 2. The van der Waals surface area contributed by atoms with E-state index in [0.717, 1.165) is 17.5 Å². The normalized spacial score (nSPS) is 13.0. The van der Waals surface area contributed by atoms with Crippen LogP contribution in [0.25, 0.3) is 0 Å². The lowest BCUT2D eigenvalue weighted by atomic mass is 9.86. The van der Waals surface area contributed by atoms with Gasteiger partial charge in [0.25, 0.3) is 12.2 Å². The third kappa shape index (κ3) is 5.28. The van der Waals surface area contributed by atoms with Crippen LogP contribution in [-0.4, -0.2) is 16.9 Å². The van der Waals surface area contributed by atoms with Gasteiger partial charge in [-0.2, -0.15) is 0 Å². The molecule has 3 aromatic rings. The van der Waals surface area contributed by atoms with E-state index in [1.807, 2.05) is 55.5 Å². The molecule has 3 rings (SSSR count). The Kier molecular flexibility index (Phi) is 6.43. The first kappa shape index (κ1) is 19.3. The molecule has 0 radical (unpaired) electrons. The quantitative estimate of drug-likeness (QED) is 0.668. The smallest absolute Gasteiger partial charge is 0.283 e. The average molecular weight is 401 g/mol. The fraction of sp³-hybridized carbons (Fsp3) is 0.190. The Bertz CT molecular complexity index is 884. The van der Waals surface area contributed by atoms with Gasteiger partial charge >= 0.3 is 0 Å². The zero-order valence-electron chi connectivity index (χ0n) is 14.8. The minimum atomic E-state index is -0.165. The lowest BCUT2D eigenvalue weighted by molar-refractivity contribution is -0.383. The van der Waals surface area contributed by atoms with Gasteiger partial charge in [-0.15, -0.1) is 0 Å². The van der Waals surface area contributed by atoms with Crippen LogP contribution in [0.3, 0.4) is 0 Å². The number of benzene rings is 2. The maximum atomic E-state index is 12.5. The molecule has 2 aromatic carbocycles. The van der Waals surface area contributed by atoms with E-state index >= 15 is 0 Å². The van der Waals surface area contributed by atoms with Crippen LogP contribution in [-0.2, 0) is 6.42 Å². The Morgan fingerprint density at radius 2 is 1.70 bits per heavy atom. The van der Waals surface area contributed by atoms with E-state index in [1.54, 1.807) is 6.20 Å². The molecular formula is C21H20Cl2N3O+. The van der Waals surface area contributed by atoms with E-state index in [9.17, 15) is 4.79 Å². The summed E-state index contributed by atoms with van der Waals surface area (Å²) in [7, 11) is 0. The van der Waals surface area contributed by atoms with Crippen molar-refractivity contribution in [1.82, 2.24) is 10.3 Å². The van der Waals surface area contributed by atoms with E-state index in [2.05, 4.69) is 15.3 Å². The molecule has 1 amide bonds. The van der Waals surface area contributed by atoms with Crippen molar-refractivity contribution in [3.05, 3.63) is 94.0 Å². The SMILES string of the molecule is C[C@@H](NC(=O)c1cnc[nH+]c1)[C@H](Cc1ccc(Cl)cc1)c1ccc(Cl)cc1. The van der Waals surface area contributed by atoms with E-state index in [4.69, 9.17) is 23.2 Å². The molecule has 0 unspecified atom stereocenters. The van der Waals surface area contributed by atoms with Gasteiger partial charge in [-0.25, -0.2) is 4.98 Å². The molecule has 2 N–H and O–H groups in total. The van der Waals surface area contributed by atoms with Crippen LogP contribution in [0.4, 0.5) is 0 Å². The number of nitrogens with one attached hydrogen (secondary N) is 2. The number of amides is 1. The van der Waals surface area contributed by atoms with Crippen molar-refractivity contribution in [3.8, 4) is 0 Å². The highest BCUT2D eigenvalue weighted by Gasteiger charge is 2.23. The fourth-order valence-electron chi connectivity index (χ4n) is 3.01. The maximum Gasteiger partial charge on any atom is 0.283 e. The van der Waals surface area contributed by atoms with Gasteiger partial charge in [0.15, 0.2) is 6.20 Å². The van der Waals surface area contributed by atoms with Gasteiger partial charge in [-0.3, -0.25) is 4.79 Å². The lowest BCUT2D eigenvalue weighted by Crippen LogP contribution is -2.38. The predicted octanol–water partition coefficient (Wildman–Crippen LogP) is 4.35. The van der Waals surface area contributed by atoms with Gasteiger partial charge in [-0.1, -0.05) is 52.5 Å². The van der Waals surface area contributed by atoms with Gasteiger partial charge in [0.05, 0.1) is 0 Å². The molecule has 138 valence electrons. The topological polar surface area (TPSA) is 56.1 Å². The van der Waals surface area contributed by atoms with Gasteiger partial charge in [0.2, 0.25) is 0 Å². The summed E-state index contributed by atoms with van der Waals surface area (Å²) in [5, 5.41) is 4.47. The summed E-state index contributed by atoms with van der Waals surface area (Å²) in [6.45, 7) is 2.01.